The zero-order valence-corrected chi connectivity index (χ0v) is 20.7. The van der Waals surface area contributed by atoms with Gasteiger partial charge < -0.3 is 24.8 Å². The first-order chi connectivity index (χ1) is 14.0. The lowest BCUT2D eigenvalue weighted by molar-refractivity contribution is 0.0694. The number of methoxy groups -OCH3 is 1. The van der Waals surface area contributed by atoms with E-state index in [9.17, 15) is 0 Å². The van der Waals surface area contributed by atoms with E-state index in [1.807, 2.05) is 43.3 Å². The highest BCUT2D eigenvalue weighted by molar-refractivity contribution is 14.0. The summed E-state index contributed by atoms with van der Waals surface area (Å²) in [5.74, 6) is 3.15. The average molecular weight is 525 g/mol. The summed E-state index contributed by atoms with van der Waals surface area (Å²) in [7, 11) is 3.43. The van der Waals surface area contributed by atoms with Crippen LogP contribution in [-0.2, 0) is 6.54 Å². The SMILES string of the molecule is CCOc1ccc(CNC(=NC)NC2CC(C)(C)Oc3ccccc32)cc1OC.I. The van der Waals surface area contributed by atoms with E-state index in [4.69, 9.17) is 14.2 Å². The van der Waals surface area contributed by atoms with Crippen molar-refractivity contribution in [3.63, 3.8) is 0 Å². The molecule has 3 rings (SSSR count). The number of benzene rings is 2. The molecule has 1 aliphatic heterocycles. The number of fused-ring (bicyclic) bond motifs is 1. The van der Waals surface area contributed by atoms with Gasteiger partial charge in [-0.25, -0.2) is 0 Å². The first kappa shape index (κ1) is 24.1. The Morgan fingerprint density at radius 3 is 2.67 bits per heavy atom. The molecule has 7 heteroatoms. The van der Waals surface area contributed by atoms with Crippen LogP contribution >= 0.6 is 24.0 Å². The third-order valence-electron chi connectivity index (χ3n) is 4.90. The maximum absolute atomic E-state index is 6.12. The van der Waals surface area contributed by atoms with E-state index < -0.39 is 0 Å². The molecular formula is C23H32IN3O3. The van der Waals surface area contributed by atoms with Crippen LogP contribution in [0.1, 0.15) is 44.4 Å². The number of hydrogen-bond acceptors (Lipinski definition) is 4. The van der Waals surface area contributed by atoms with Crippen LogP contribution in [0.25, 0.3) is 0 Å². The van der Waals surface area contributed by atoms with E-state index in [0.717, 1.165) is 40.8 Å². The van der Waals surface area contributed by atoms with Crippen molar-refractivity contribution < 1.29 is 14.2 Å². The molecule has 2 aromatic rings. The van der Waals surface area contributed by atoms with Gasteiger partial charge in [-0.15, -0.1) is 24.0 Å². The van der Waals surface area contributed by atoms with Crippen molar-refractivity contribution in [1.82, 2.24) is 10.6 Å². The molecule has 1 aliphatic rings. The minimum atomic E-state index is -0.243. The summed E-state index contributed by atoms with van der Waals surface area (Å²) in [6.07, 6.45) is 0.849. The molecule has 0 aliphatic carbocycles. The molecule has 0 aromatic heterocycles. The molecule has 0 amide bonds. The predicted molar refractivity (Wildman–Crippen MR) is 131 cm³/mol. The van der Waals surface area contributed by atoms with Gasteiger partial charge in [0, 0.05) is 25.6 Å². The average Bonchev–Trinajstić information content (AvgIpc) is 2.71. The fourth-order valence-electron chi connectivity index (χ4n) is 3.57. The van der Waals surface area contributed by atoms with E-state index in [2.05, 4.69) is 35.5 Å². The maximum atomic E-state index is 6.12. The summed E-state index contributed by atoms with van der Waals surface area (Å²) in [4.78, 5) is 4.41. The summed E-state index contributed by atoms with van der Waals surface area (Å²) < 4.78 is 17.2. The predicted octanol–water partition coefficient (Wildman–Crippen LogP) is 4.68. The van der Waals surface area contributed by atoms with Crippen LogP contribution in [0.2, 0.25) is 0 Å². The first-order valence-electron chi connectivity index (χ1n) is 10.0. The highest BCUT2D eigenvalue weighted by Crippen LogP contribution is 2.39. The fraction of sp³-hybridized carbons (Fsp3) is 0.435. The number of aliphatic imine (C=N–C) groups is 1. The van der Waals surface area contributed by atoms with Crippen LogP contribution in [0.5, 0.6) is 17.2 Å². The van der Waals surface area contributed by atoms with Gasteiger partial charge in [0.15, 0.2) is 17.5 Å². The van der Waals surface area contributed by atoms with Crippen LogP contribution in [0.15, 0.2) is 47.5 Å². The number of ether oxygens (including phenoxy) is 3. The van der Waals surface area contributed by atoms with Crippen molar-refractivity contribution in [2.45, 2.75) is 45.4 Å². The summed E-state index contributed by atoms with van der Waals surface area (Å²) >= 11 is 0. The van der Waals surface area contributed by atoms with Crippen LogP contribution in [0.3, 0.4) is 0 Å². The van der Waals surface area contributed by atoms with Crippen molar-refractivity contribution in [1.29, 1.82) is 0 Å². The van der Waals surface area contributed by atoms with Crippen molar-refractivity contribution in [3.05, 3.63) is 53.6 Å². The number of para-hydroxylation sites is 1. The molecule has 1 atom stereocenters. The van der Waals surface area contributed by atoms with E-state index in [0.29, 0.717) is 13.2 Å². The lowest BCUT2D eigenvalue weighted by Gasteiger charge is -2.38. The standard InChI is InChI=1S/C23H31N3O3.HI/c1-6-28-20-12-11-16(13-21(20)27-5)15-25-22(24-4)26-18-14-23(2,3)29-19-10-8-7-9-17(18)19;/h7-13,18H,6,14-15H2,1-5H3,(H2,24,25,26);1H. The van der Waals surface area contributed by atoms with Gasteiger partial charge in [0.2, 0.25) is 0 Å². The Hall–Kier alpha value is -2.16. The molecular weight excluding hydrogens is 493 g/mol. The summed E-state index contributed by atoms with van der Waals surface area (Å²) in [5, 5.41) is 6.95. The second-order valence-electron chi connectivity index (χ2n) is 7.64. The van der Waals surface area contributed by atoms with E-state index in [-0.39, 0.29) is 35.6 Å². The Morgan fingerprint density at radius 2 is 1.97 bits per heavy atom. The monoisotopic (exact) mass is 525 g/mol. The second-order valence-corrected chi connectivity index (χ2v) is 7.64. The van der Waals surface area contributed by atoms with E-state index in [1.54, 1.807) is 14.2 Å². The normalized spacial score (nSPS) is 17.1. The number of nitrogens with one attached hydrogen (secondary N) is 2. The van der Waals surface area contributed by atoms with Crippen LogP contribution in [-0.4, -0.2) is 32.3 Å². The van der Waals surface area contributed by atoms with Gasteiger partial charge in [-0.1, -0.05) is 24.3 Å². The lowest BCUT2D eigenvalue weighted by Crippen LogP contribution is -2.45. The van der Waals surface area contributed by atoms with Gasteiger partial charge in [-0.05, 0) is 44.5 Å². The third kappa shape index (κ3) is 5.93. The van der Waals surface area contributed by atoms with Gasteiger partial charge in [-0.3, -0.25) is 4.99 Å². The smallest absolute Gasteiger partial charge is 0.191 e. The van der Waals surface area contributed by atoms with Crippen LogP contribution in [0, 0.1) is 0 Å². The van der Waals surface area contributed by atoms with Crippen LogP contribution < -0.4 is 24.8 Å². The minimum absolute atomic E-state index is 0. The number of nitrogens with zero attached hydrogens (tertiary/aromatic N) is 1. The number of hydrogen-bond donors (Lipinski definition) is 2. The van der Waals surface area contributed by atoms with Gasteiger partial charge in [0.25, 0.3) is 0 Å². The van der Waals surface area contributed by atoms with E-state index >= 15 is 0 Å². The second kappa shape index (κ2) is 10.7. The van der Waals surface area contributed by atoms with Gasteiger partial charge >= 0.3 is 0 Å². The molecule has 6 nitrogen and oxygen atoms in total. The number of rotatable bonds is 6. The Labute approximate surface area is 196 Å². The van der Waals surface area contributed by atoms with Crippen molar-refractivity contribution in [2.75, 3.05) is 20.8 Å². The van der Waals surface area contributed by atoms with Gasteiger partial charge in [-0.2, -0.15) is 0 Å². The summed E-state index contributed by atoms with van der Waals surface area (Å²) in [6, 6.07) is 14.2. The van der Waals surface area contributed by atoms with Crippen molar-refractivity contribution in [3.8, 4) is 17.2 Å². The fourth-order valence-corrected chi connectivity index (χ4v) is 3.57. The first-order valence-corrected chi connectivity index (χ1v) is 10.0. The van der Waals surface area contributed by atoms with Gasteiger partial charge in [0.05, 0.1) is 19.8 Å². The van der Waals surface area contributed by atoms with Crippen molar-refractivity contribution in [2.24, 2.45) is 4.99 Å². The molecule has 2 aromatic carbocycles. The molecule has 30 heavy (non-hydrogen) atoms. The molecule has 0 saturated heterocycles. The molecule has 164 valence electrons. The van der Waals surface area contributed by atoms with Crippen LogP contribution in [0.4, 0.5) is 0 Å². The third-order valence-corrected chi connectivity index (χ3v) is 4.90. The largest absolute Gasteiger partial charge is 0.493 e. The molecule has 0 saturated carbocycles. The van der Waals surface area contributed by atoms with Gasteiger partial charge in [0.1, 0.15) is 11.4 Å². The minimum Gasteiger partial charge on any atom is -0.493 e. The zero-order valence-electron chi connectivity index (χ0n) is 18.3. The van der Waals surface area contributed by atoms with E-state index in [1.165, 1.54) is 0 Å². The highest BCUT2D eigenvalue weighted by Gasteiger charge is 2.33. The maximum Gasteiger partial charge on any atom is 0.191 e. The molecule has 0 bridgehead atoms. The summed E-state index contributed by atoms with van der Waals surface area (Å²) in [5.41, 5.74) is 1.99. The number of halogens is 1. The molecule has 2 N–H and O–H groups in total. The highest BCUT2D eigenvalue weighted by atomic mass is 127. The Bertz CT molecular complexity index is 871. The summed E-state index contributed by atoms with van der Waals surface area (Å²) in [6.45, 7) is 7.41. The lowest BCUT2D eigenvalue weighted by atomic mass is 9.90. The topological polar surface area (TPSA) is 64.1 Å². The Kier molecular flexibility index (Phi) is 8.64. The number of guanidine groups is 1. The molecule has 0 radical (unpaired) electrons. The molecule has 0 fully saturated rings. The van der Waals surface area contributed by atoms with Crippen molar-refractivity contribution >= 4 is 29.9 Å². The Balaban J connectivity index is 0.00000320. The quantitative estimate of drug-likeness (QED) is 0.326. The Morgan fingerprint density at radius 1 is 1.20 bits per heavy atom. The molecule has 0 spiro atoms. The zero-order chi connectivity index (χ0) is 20.9. The molecule has 1 heterocycles. The molecule has 1 unspecified atom stereocenters.